The molecular formula is C59H110N10O10S. The number of sulfonamides is 1. The minimum absolute atomic E-state index is 0.212. The lowest BCUT2D eigenvalue weighted by atomic mass is 9.77. The standard InChI is InChI=1S/C13H26N2O2S.C13H24N2O2.3C11H20N2O2/c1-12(2,3)14-8-5-13(6-9-14)7-10-15(11-13)18(4,16)17;1-11(2)15-8-5-13(10-15)3-6-14(7-4-13)9-12(16)17;1-8(2)13-5-9-3-12(7-11(14)15)4-10(9)6-13;1-9(2)13-4-3-11(8-13)6-12(7-11)5-10(14)15;1-9(2)13-7-11(8-13)3-4-12(6-11)5-10(14)15/h5-11H2,1-4H3;11H,3-10H2,1-2H3,(H,16,17);8-10H,3-7H2,1-2H3,(H,14,15);2*9H,3-8H2,1-2H3,(H,14,15). The zero-order valence-corrected chi connectivity index (χ0v) is 52.5. The Hall–Kier alpha value is -2.57. The van der Waals surface area contributed by atoms with Crippen LogP contribution in [0.4, 0.5) is 0 Å². The molecule has 0 aliphatic carbocycles. The Balaban J connectivity index is 0.000000162. The topological polar surface area (TPSA) is 216 Å². The van der Waals surface area contributed by atoms with Crippen LogP contribution < -0.4 is 0 Å². The fraction of sp³-hybridized carbons (Fsp3) is 0.932. The van der Waals surface area contributed by atoms with Gasteiger partial charge >= 0.3 is 23.9 Å². The lowest BCUT2D eigenvalue weighted by molar-refractivity contribution is -0.142. The molecule has 80 heavy (non-hydrogen) atoms. The number of fused-ring (bicyclic) bond motifs is 1. The third kappa shape index (κ3) is 18.7. The van der Waals surface area contributed by atoms with E-state index in [9.17, 15) is 27.6 Å². The van der Waals surface area contributed by atoms with Gasteiger partial charge in [-0.1, -0.05) is 0 Å². The summed E-state index contributed by atoms with van der Waals surface area (Å²) >= 11 is 0. The van der Waals surface area contributed by atoms with Crippen molar-refractivity contribution in [2.24, 2.45) is 33.5 Å². The molecule has 0 aromatic heterocycles. The summed E-state index contributed by atoms with van der Waals surface area (Å²) in [5.74, 6) is -1.40. The van der Waals surface area contributed by atoms with Crippen molar-refractivity contribution in [2.75, 3.05) is 163 Å². The summed E-state index contributed by atoms with van der Waals surface area (Å²) < 4.78 is 24.9. The summed E-state index contributed by atoms with van der Waals surface area (Å²) in [6, 6.07) is 2.52. The van der Waals surface area contributed by atoms with Gasteiger partial charge in [0, 0.05) is 126 Å². The molecule has 20 nitrogen and oxygen atoms in total. The number of hydrogen-bond donors (Lipinski definition) is 4. The number of carboxylic acids is 4. The fourth-order valence-electron chi connectivity index (χ4n) is 15.0. The van der Waals surface area contributed by atoms with E-state index in [1.165, 1.54) is 58.0 Å². The molecule has 0 radical (unpaired) electrons. The maximum atomic E-state index is 11.6. The number of aliphatic carboxylic acids is 4. The molecule has 2 atom stereocenters. The predicted octanol–water partition coefficient (Wildman–Crippen LogP) is 4.12. The minimum Gasteiger partial charge on any atom is -0.480 e. The Kier molecular flexibility index (Phi) is 23.0. The molecule has 0 amide bonds. The van der Waals surface area contributed by atoms with Crippen molar-refractivity contribution in [3.05, 3.63) is 0 Å². The van der Waals surface area contributed by atoms with Crippen molar-refractivity contribution in [1.82, 2.24) is 48.4 Å². The molecular weight excluding hydrogens is 1040 g/mol. The van der Waals surface area contributed by atoms with Gasteiger partial charge in [0.05, 0.1) is 32.4 Å². The molecule has 462 valence electrons. The van der Waals surface area contributed by atoms with Crippen LogP contribution in [-0.2, 0) is 29.2 Å². The molecule has 10 saturated heterocycles. The van der Waals surface area contributed by atoms with E-state index in [4.69, 9.17) is 20.4 Å². The Morgan fingerprint density at radius 2 is 0.750 bits per heavy atom. The number of likely N-dealkylation sites (tertiary alicyclic amines) is 9. The van der Waals surface area contributed by atoms with Crippen molar-refractivity contribution in [1.29, 1.82) is 0 Å². The average molecular weight is 1150 g/mol. The highest BCUT2D eigenvalue weighted by Gasteiger charge is 2.50. The molecule has 10 heterocycles. The van der Waals surface area contributed by atoms with Gasteiger partial charge in [0.1, 0.15) is 0 Å². The van der Waals surface area contributed by atoms with E-state index in [2.05, 4.69) is 115 Å². The van der Waals surface area contributed by atoms with Gasteiger partial charge in [0.25, 0.3) is 0 Å². The van der Waals surface area contributed by atoms with E-state index in [0.717, 1.165) is 124 Å². The Labute approximate surface area is 482 Å². The largest absolute Gasteiger partial charge is 0.480 e. The molecule has 10 aliphatic rings. The zero-order valence-electron chi connectivity index (χ0n) is 51.7. The lowest BCUT2D eigenvalue weighted by Crippen LogP contribution is -2.59. The third-order valence-corrected chi connectivity index (χ3v) is 21.4. The molecule has 4 spiro atoms. The SMILES string of the molecule is CC(C)(C)N1CCC2(CC1)CCN(S(C)(=O)=O)C2.CC(C)N1CC2(CCN(CC(=O)O)C2)C1.CC(C)N1CC2CN(CC(=O)O)CC2C1.CC(C)N1CCC2(CCN(CC(=O)O)CC2)C1.CC(C)N1CCC2(CN(CC(=O)O)C2)C1. The number of nitrogens with zero attached hydrogens (tertiary/aromatic N) is 10. The first-order chi connectivity index (χ1) is 37.2. The normalized spacial score (nSPS) is 27.4. The van der Waals surface area contributed by atoms with Crippen LogP contribution in [0.5, 0.6) is 0 Å². The first kappa shape index (κ1) is 66.6. The maximum Gasteiger partial charge on any atom is 0.317 e. The van der Waals surface area contributed by atoms with Gasteiger partial charge in [-0.3, -0.25) is 48.6 Å². The van der Waals surface area contributed by atoms with Crippen LogP contribution in [0.25, 0.3) is 0 Å². The van der Waals surface area contributed by atoms with Gasteiger partial charge in [-0.15, -0.1) is 0 Å². The van der Waals surface area contributed by atoms with Crippen LogP contribution in [0, 0.1) is 33.5 Å². The first-order valence-corrected chi connectivity index (χ1v) is 32.5. The summed E-state index contributed by atoms with van der Waals surface area (Å²) in [6.45, 7) is 46.3. The summed E-state index contributed by atoms with van der Waals surface area (Å²) in [5.41, 5.74) is 1.81. The van der Waals surface area contributed by atoms with Gasteiger partial charge in [-0.05, 0) is 196 Å². The van der Waals surface area contributed by atoms with E-state index in [0.29, 0.717) is 58.8 Å². The van der Waals surface area contributed by atoms with Crippen molar-refractivity contribution in [3.63, 3.8) is 0 Å². The van der Waals surface area contributed by atoms with Crippen LogP contribution in [-0.4, -0.2) is 294 Å². The smallest absolute Gasteiger partial charge is 0.317 e. The second-order valence-corrected chi connectivity index (χ2v) is 30.8. The van der Waals surface area contributed by atoms with Crippen molar-refractivity contribution < 1.29 is 48.0 Å². The molecule has 0 aromatic carbocycles. The molecule has 4 N–H and O–H groups in total. The molecule has 10 aliphatic heterocycles. The van der Waals surface area contributed by atoms with Crippen LogP contribution in [0.15, 0.2) is 0 Å². The van der Waals surface area contributed by atoms with Crippen LogP contribution in [0.3, 0.4) is 0 Å². The highest BCUT2D eigenvalue weighted by molar-refractivity contribution is 7.88. The second-order valence-electron chi connectivity index (χ2n) is 28.9. The zero-order chi connectivity index (χ0) is 59.2. The highest BCUT2D eigenvalue weighted by Crippen LogP contribution is 2.44. The number of carboxylic acid groups (broad SMARTS) is 4. The third-order valence-electron chi connectivity index (χ3n) is 20.2. The average Bonchev–Trinajstić information content (AvgIpc) is 4.19. The monoisotopic (exact) mass is 1150 g/mol. The number of hydrogen-bond acceptors (Lipinski definition) is 15. The quantitative estimate of drug-likeness (QED) is 0.204. The van der Waals surface area contributed by atoms with Crippen LogP contribution >= 0.6 is 0 Å². The van der Waals surface area contributed by atoms with E-state index in [1.807, 2.05) is 4.90 Å². The van der Waals surface area contributed by atoms with Gasteiger partial charge < -0.3 is 35.1 Å². The van der Waals surface area contributed by atoms with Crippen molar-refractivity contribution in [3.8, 4) is 0 Å². The lowest BCUT2D eigenvalue weighted by Gasteiger charge is -2.50. The number of carbonyl (C=O) groups is 4. The van der Waals surface area contributed by atoms with Crippen LogP contribution in [0.1, 0.15) is 128 Å². The summed E-state index contributed by atoms with van der Waals surface area (Å²) in [6.07, 6.45) is 10.7. The van der Waals surface area contributed by atoms with Gasteiger partial charge in [-0.2, -0.15) is 0 Å². The maximum absolute atomic E-state index is 11.6. The summed E-state index contributed by atoms with van der Waals surface area (Å²) in [7, 11) is -3.00. The molecule has 2 unspecified atom stereocenters. The molecule has 10 rings (SSSR count). The predicted molar refractivity (Wildman–Crippen MR) is 315 cm³/mol. The second kappa shape index (κ2) is 27.6. The van der Waals surface area contributed by atoms with Gasteiger partial charge in [0.2, 0.25) is 10.0 Å². The fourth-order valence-corrected chi connectivity index (χ4v) is 15.9. The van der Waals surface area contributed by atoms with Crippen molar-refractivity contribution in [2.45, 2.75) is 157 Å². The van der Waals surface area contributed by atoms with E-state index >= 15 is 0 Å². The van der Waals surface area contributed by atoms with E-state index < -0.39 is 33.9 Å². The number of rotatable bonds is 13. The highest BCUT2D eigenvalue weighted by atomic mass is 32.2. The Bertz CT molecular complexity index is 2110. The Morgan fingerprint density at radius 3 is 1.19 bits per heavy atom. The molecule has 10 fully saturated rings. The Morgan fingerprint density at radius 1 is 0.412 bits per heavy atom. The summed E-state index contributed by atoms with van der Waals surface area (Å²) in [4.78, 5) is 63.2. The van der Waals surface area contributed by atoms with Crippen LogP contribution in [0.2, 0.25) is 0 Å². The number of piperidine rings is 2. The molecule has 0 aromatic rings. The minimum atomic E-state index is -3.00. The van der Waals surface area contributed by atoms with Crippen molar-refractivity contribution >= 4 is 33.9 Å². The summed E-state index contributed by atoms with van der Waals surface area (Å²) in [5, 5.41) is 34.9. The van der Waals surface area contributed by atoms with E-state index in [-0.39, 0.29) is 37.1 Å². The van der Waals surface area contributed by atoms with Gasteiger partial charge in [0.15, 0.2) is 0 Å². The molecule has 0 saturated carbocycles. The first-order valence-electron chi connectivity index (χ1n) is 30.6. The molecule has 0 bridgehead atoms. The van der Waals surface area contributed by atoms with Gasteiger partial charge in [-0.25, -0.2) is 12.7 Å². The molecule has 21 heteroatoms. The van der Waals surface area contributed by atoms with E-state index in [1.54, 1.807) is 4.31 Å².